The minimum atomic E-state index is -0.223. The molecule has 2 aromatic carbocycles. The van der Waals surface area contributed by atoms with E-state index in [-0.39, 0.29) is 17.9 Å². The summed E-state index contributed by atoms with van der Waals surface area (Å²) in [5.41, 5.74) is 3.73. The number of carbonyl (C=O) groups excluding carboxylic acids is 1. The van der Waals surface area contributed by atoms with Crippen LogP contribution in [-0.4, -0.2) is 30.3 Å². The van der Waals surface area contributed by atoms with E-state index < -0.39 is 0 Å². The molecule has 0 atom stereocenters. The number of benzene rings is 2. The number of H-pyrrole nitrogens is 1. The van der Waals surface area contributed by atoms with Crippen molar-refractivity contribution in [2.45, 2.75) is 26.8 Å². The summed E-state index contributed by atoms with van der Waals surface area (Å²) in [6.45, 7) is 4.25. The molecule has 0 bridgehead atoms. The number of fused-ring (bicyclic) bond motifs is 2. The van der Waals surface area contributed by atoms with E-state index in [0.29, 0.717) is 18.0 Å². The van der Waals surface area contributed by atoms with Gasteiger partial charge in [0, 0.05) is 29.1 Å². The molecule has 0 saturated carbocycles. The molecule has 0 unspecified atom stereocenters. The number of nitrogens with one attached hydrogen (secondary N) is 2. The van der Waals surface area contributed by atoms with Crippen LogP contribution >= 0.6 is 0 Å². The van der Waals surface area contributed by atoms with Gasteiger partial charge in [-0.05, 0) is 30.2 Å². The van der Waals surface area contributed by atoms with Crippen LogP contribution in [0.5, 0.6) is 0 Å². The molecule has 8 nitrogen and oxygen atoms in total. The van der Waals surface area contributed by atoms with E-state index in [0.717, 1.165) is 27.9 Å². The number of aromatic amines is 1. The third-order valence-electron chi connectivity index (χ3n) is 5.72. The summed E-state index contributed by atoms with van der Waals surface area (Å²) < 4.78 is 3.40. The molecule has 2 N–H and O–H groups in total. The van der Waals surface area contributed by atoms with Crippen LogP contribution in [0.15, 0.2) is 65.6 Å². The molecule has 0 aliphatic rings. The topological polar surface area (TPSA) is 97.1 Å². The summed E-state index contributed by atoms with van der Waals surface area (Å²) in [4.78, 5) is 29.0. The highest BCUT2D eigenvalue weighted by molar-refractivity contribution is 5.92. The molecule has 32 heavy (non-hydrogen) atoms. The molecule has 0 fully saturated rings. The average molecular weight is 426 g/mol. The molecule has 1 amide bonds. The van der Waals surface area contributed by atoms with Crippen molar-refractivity contribution in [2.24, 2.45) is 0 Å². The molecular formula is C24H22N6O2. The molecule has 5 rings (SSSR count). The summed E-state index contributed by atoms with van der Waals surface area (Å²) in [5, 5.41) is 12.4. The Morgan fingerprint density at radius 3 is 2.78 bits per heavy atom. The Morgan fingerprint density at radius 2 is 1.91 bits per heavy atom. The van der Waals surface area contributed by atoms with Crippen LogP contribution in [0.1, 0.15) is 22.5 Å². The van der Waals surface area contributed by atoms with Gasteiger partial charge in [0.2, 0.25) is 5.91 Å². The standard InChI is InChI=1S/C24H22N6O2/c1-15-20(16(2)30-22(26-15)13-24(32)28-30)12-23(31)27-21-10-11-25-29(21)14-18-8-5-7-17-6-3-4-9-19(17)18/h3-11,13H,12,14H2,1-2H3,(H,27,31)(H,28,32). The first-order chi connectivity index (χ1) is 15.5. The fourth-order valence-electron chi connectivity index (χ4n) is 4.12. The fourth-order valence-corrected chi connectivity index (χ4v) is 4.12. The molecule has 0 aliphatic carbocycles. The molecule has 0 aliphatic heterocycles. The molecule has 0 saturated heterocycles. The summed E-state index contributed by atoms with van der Waals surface area (Å²) in [6.07, 6.45) is 1.82. The van der Waals surface area contributed by atoms with Crippen molar-refractivity contribution in [2.75, 3.05) is 5.32 Å². The SMILES string of the molecule is Cc1nc2cc(=O)[nH]n2c(C)c1CC(=O)Nc1ccnn1Cc1cccc2ccccc12. The molecule has 3 heterocycles. The first-order valence-electron chi connectivity index (χ1n) is 10.4. The zero-order valence-corrected chi connectivity index (χ0v) is 17.8. The van der Waals surface area contributed by atoms with Crippen molar-refractivity contribution in [3.63, 3.8) is 0 Å². The number of aryl methyl sites for hydroxylation is 2. The van der Waals surface area contributed by atoms with Gasteiger partial charge in [-0.3, -0.25) is 14.7 Å². The van der Waals surface area contributed by atoms with Gasteiger partial charge in [0.15, 0.2) is 5.65 Å². The van der Waals surface area contributed by atoms with E-state index in [2.05, 4.69) is 44.8 Å². The third-order valence-corrected chi connectivity index (χ3v) is 5.72. The van der Waals surface area contributed by atoms with E-state index in [1.807, 2.05) is 32.0 Å². The normalized spacial score (nSPS) is 11.3. The zero-order chi connectivity index (χ0) is 22.2. The maximum atomic E-state index is 12.9. The number of hydrogen-bond donors (Lipinski definition) is 2. The highest BCUT2D eigenvalue weighted by Gasteiger charge is 2.16. The third kappa shape index (κ3) is 3.56. The second-order valence-corrected chi connectivity index (χ2v) is 7.81. The quantitative estimate of drug-likeness (QED) is 0.451. The van der Waals surface area contributed by atoms with E-state index in [9.17, 15) is 9.59 Å². The van der Waals surface area contributed by atoms with Crippen LogP contribution in [0.25, 0.3) is 16.4 Å². The first kappa shape index (κ1) is 19.7. The monoisotopic (exact) mass is 426 g/mol. The van der Waals surface area contributed by atoms with E-state index in [1.165, 1.54) is 11.5 Å². The van der Waals surface area contributed by atoms with Crippen LogP contribution < -0.4 is 10.9 Å². The molecule has 3 aromatic heterocycles. The fraction of sp³-hybridized carbons (Fsp3) is 0.167. The maximum Gasteiger partial charge on any atom is 0.266 e. The van der Waals surface area contributed by atoms with Gasteiger partial charge in [0.05, 0.1) is 19.2 Å². The van der Waals surface area contributed by atoms with Crippen molar-refractivity contribution < 1.29 is 4.79 Å². The predicted octanol–water partition coefficient (Wildman–Crippen LogP) is 3.22. The van der Waals surface area contributed by atoms with Crippen molar-refractivity contribution in [1.82, 2.24) is 24.4 Å². The van der Waals surface area contributed by atoms with Crippen LogP contribution in [0, 0.1) is 13.8 Å². The molecule has 8 heteroatoms. The first-order valence-corrected chi connectivity index (χ1v) is 10.4. The summed E-state index contributed by atoms with van der Waals surface area (Å²) in [7, 11) is 0. The molecule has 160 valence electrons. The maximum absolute atomic E-state index is 12.9. The van der Waals surface area contributed by atoms with Gasteiger partial charge < -0.3 is 5.32 Å². The second kappa shape index (κ2) is 7.81. The Bertz CT molecular complexity index is 1520. The van der Waals surface area contributed by atoms with Crippen LogP contribution in [0.3, 0.4) is 0 Å². The van der Waals surface area contributed by atoms with Gasteiger partial charge in [0.1, 0.15) is 5.82 Å². The lowest BCUT2D eigenvalue weighted by Gasteiger charge is -2.13. The summed E-state index contributed by atoms with van der Waals surface area (Å²) >= 11 is 0. The van der Waals surface area contributed by atoms with E-state index in [1.54, 1.807) is 21.5 Å². The average Bonchev–Trinajstić information content (AvgIpc) is 3.37. The van der Waals surface area contributed by atoms with Crippen molar-refractivity contribution in [1.29, 1.82) is 0 Å². The van der Waals surface area contributed by atoms with Gasteiger partial charge in [-0.1, -0.05) is 42.5 Å². The Kier molecular flexibility index (Phi) is 4.82. The number of nitrogens with zero attached hydrogens (tertiary/aromatic N) is 4. The lowest BCUT2D eigenvalue weighted by atomic mass is 10.0. The number of aromatic nitrogens is 5. The Morgan fingerprint density at radius 1 is 1.09 bits per heavy atom. The van der Waals surface area contributed by atoms with Crippen molar-refractivity contribution in [3.05, 3.63) is 93.7 Å². The minimum absolute atomic E-state index is 0.139. The largest absolute Gasteiger partial charge is 0.311 e. The summed E-state index contributed by atoms with van der Waals surface area (Å²) in [6, 6.07) is 17.6. The number of amides is 1. The Hall–Kier alpha value is -4.20. The van der Waals surface area contributed by atoms with Gasteiger partial charge in [-0.2, -0.15) is 5.10 Å². The molecule has 0 radical (unpaired) electrons. The summed E-state index contributed by atoms with van der Waals surface area (Å²) in [5.74, 6) is 0.452. The molecule has 5 aromatic rings. The van der Waals surface area contributed by atoms with Gasteiger partial charge in [0.25, 0.3) is 5.56 Å². The highest BCUT2D eigenvalue weighted by Crippen LogP contribution is 2.21. The second-order valence-electron chi connectivity index (χ2n) is 7.81. The predicted molar refractivity (Wildman–Crippen MR) is 123 cm³/mol. The molecular weight excluding hydrogens is 404 g/mol. The van der Waals surface area contributed by atoms with Crippen molar-refractivity contribution >= 4 is 28.1 Å². The van der Waals surface area contributed by atoms with Gasteiger partial charge in [-0.25, -0.2) is 14.2 Å². The van der Waals surface area contributed by atoms with Gasteiger partial charge >= 0.3 is 0 Å². The van der Waals surface area contributed by atoms with Crippen LogP contribution in [0.2, 0.25) is 0 Å². The lowest BCUT2D eigenvalue weighted by molar-refractivity contribution is -0.115. The lowest BCUT2D eigenvalue weighted by Crippen LogP contribution is -2.20. The highest BCUT2D eigenvalue weighted by atomic mass is 16.1. The van der Waals surface area contributed by atoms with Crippen molar-refractivity contribution in [3.8, 4) is 0 Å². The smallest absolute Gasteiger partial charge is 0.266 e. The van der Waals surface area contributed by atoms with Gasteiger partial charge in [-0.15, -0.1) is 0 Å². The number of hydrogen-bond acceptors (Lipinski definition) is 4. The zero-order valence-electron chi connectivity index (χ0n) is 17.8. The molecule has 0 spiro atoms. The Balaban J connectivity index is 1.38. The Labute approximate surface area is 183 Å². The van der Waals surface area contributed by atoms with Crippen LogP contribution in [-0.2, 0) is 17.8 Å². The number of anilines is 1. The number of carbonyl (C=O) groups is 1. The van der Waals surface area contributed by atoms with Crippen LogP contribution in [0.4, 0.5) is 5.82 Å². The van der Waals surface area contributed by atoms with E-state index in [4.69, 9.17) is 0 Å². The number of rotatable bonds is 5. The minimum Gasteiger partial charge on any atom is -0.311 e. The van der Waals surface area contributed by atoms with E-state index >= 15 is 0 Å².